The fourth-order valence-electron chi connectivity index (χ4n) is 2.52. The van der Waals surface area contributed by atoms with Gasteiger partial charge in [-0.3, -0.25) is 9.78 Å². The topological polar surface area (TPSA) is 92.4 Å². The number of rotatable bonds is 5. The van der Waals surface area contributed by atoms with Crippen LogP contribution in [-0.4, -0.2) is 36.2 Å². The number of carbonyl (C=O) groups is 2. The van der Waals surface area contributed by atoms with Crippen LogP contribution in [0.15, 0.2) is 48.7 Å². The predicted molar refractivity (Wildman–Crippen MR) is 94.6 cm³/mol. The first kappa shape index (κ1) is 16.9. The Balaban J connectivity index is 1.48. The second-order valence-corrected chi connectivity index (χ2v) is 5.72. The van der Waals surface area contributed by atoms with Crippen molar-refractivity contribution in [1.82, 2.24) is 10.3 Å². The first-order valence-corrected chi connectivity index (χ1v) is 8.19. The van der Waals surface area contributed by atoms with Crippen molar-refractivity contribution >= 4 is 23.3 Å². The minimum atomic E-state index is -0.282. The lowest BCUT2D eigenvalue weighted by atomic mass is 10.2. The third-order valence-corrected chi connectivity index (χ3v) is 3.81. The van der Waals surface area contributed by atoms with Crippen molar-refractivity contribution in [2.45, 2.75) is 18.9 Å². The lowest BCUT2D eigenvalue weighted by Gasteiger charge is -2.12. The average Bonchev–Trinajstić information content (AvgIpc) is 3.16. The second-order valence-electron chi connectivity index (χ2n) is 5.72. The van der Waals surface area contributed by atoms with E-state index in [4.69, 9.17) is 4.74 Å². The summed E-state index contributed by atoms with van der Waals surface area (Å²) in [7, 11) is 0. The van der Waals surface area contributed by atoms with Gasteiger partial charge in [0.2, 0.25) is 0 Å². The Kier molecular flexibility index (Phi) is 5.58. The third-order valence-electron chi connectivity index (χ3n) is 3.81. The fraction of sp³-hybridized carbons (Fsp3) is 0.278. The summed E-state index contributed by atoms with van der Waals surface area (Å²) in [5.41, 5.74) is 1.61. The van der Waals surface area contributed by atoms with Crippen molar-refractivity contribution in [3.63, 3.8) is 0 Å². The number of benzene rings is 1. The molecule has 1 aliphatic heterocycles. The highest BCUT2D eigenvalue weighted by Crippen LogP contribution is 2.15. The van der Waals surface area contributed by atoms with Crippen molar-refractivity contribution in [1.29, 1.82) is 0 Å². The largest absolute Gasteiger partial charge is 0.376 e. The van der Waals surface area contributed by atoms with E-state index in [9.17, 15) is 9.59 Å². The van der Waals surface area contributed by atoms with E-state index in [1.165, 1.54) is 0 Å². The van der Waals surface area contributed by atoms with Crippen LogP contribution >= 0.6 is 0 Å². The highest BCUT2D eigenvalue weighted by Gasteiger charge is 2.16. The number of nitrogens with zero attached hydrogens (tertiary/aromatic N) is 1. The SMILES string of the molecule is O=C(NCC1CCCO1)Nc1ccc(NC(=O)c2ccccn2)cc1. The van der Waals surface area contributed by atoms with Crippen molar-refractivity contribution < 1.29 is 14.3 Å². The van der Waals surface area contributed by atoms with Gasteiger partial charge in [0.05, 0.1) is 6.10 Å². The third kappa shape index (κ3) is 5.02. The van der Waals surface area contributed by atoms with Crippen molar-refractivity contribution in [3.8, 4) is 0 Å². The molecule has 2 aromatic rings. The minimum Gasteiger partial charge on any atom is -0.376 e. The van der Waals surface area contributed by atoms with Gasteiger partial charge < -0.3 is 20.7 Å². The van der Waals surface area contributed by atoms with E-state index in [2.05, 4.69) is 20.9 Å². The summed E-state index contributed by atoms with van der Waals surface area (Å²) in [4.78, 5) is 27.9. The van der Waals surface area contributed by atoms with Crippen LogP contribution in [0.25, 0.3) is 0 Å². The molecular weight excluding hydrogens is 320 g/mol. The maximum Gasteiger partial charge on any atom is 0.319 e. The Hall–Kier alpha value is -2.93. The standard InChI is InChI=1S/C18H20N4O3/c23-17(16-5-1-2-10-19-16)21-13-6-8-14(9-7-13)22-18(24)20-12-15-4-3-11-25-15/h1-2,5-10,15H,3-4,11-12H2,(H,21,23)(H2,20,22,24). The Bertz CT molecular complexity index is 713. The van der Waals surface area contributed by atoms with Crippen LogP contribution in [0.2, 0.25) is 0 Å². The fourth-order valence-corrected chi connectivity index (χ4v) is 2.52. The molecule has 0 saturated carbocycles. The summed E-state index contributed by atoms with van der Waals surface area (Å²) < 4.78 is 5.45. The Morgan fingerprint density at radius 3 is 2.48 bits per heavy atom. The first-order chi connectivity index (χ1) is 12.2. The molecule has 1 aromatic heterocycles. The minimum absolute atomic E-state index is 0.106. The van der Waals surface area contributed by atoms with Gasteiger partial charge in [-0.15, -0.1) is 0 Å². The number of hydrogen-bond donors (Lipinski definition) is 3. The first-order valence-electron chi connectivity index (χ1n) is 8.19. The lowest BCUT2D eigenvalue weighted by Crippen LogP contribution is -2.35. The number of anilines is 2. The monoisotopic (exact) mass is 340 g/mol. The van der Waals surface area contributed by atoms with Crippen molar-refractivity contribution in [2.24, 2.45) is 0 Å². The van der Waals surface area contributed by atoms with Crippen LogP contribution in [0.1, 0.15) is 23.3 Å². The number of hydrogen-bond acceptors (Lipinski definition) is 4. The maximum atomic E-state index is 12.0. The van der Waals surface area contributed by atoms with E-state index in [0.29, 0.717) is 23.6 Å². The highest BCUT2D eigenvalue weighted by molar-refractivity contribution is 6.03. The molecule has 1 saturated heterocycles. The van der Waals surface area contributed by atoms with Gasteiger partial charge in [-0.2, -0.15) is 0 Å². The van der Waals surface area contributed by atoms with E-state index in [0.717, 1.165) is 19.4 Å². The summed E-state index contributed by atoms with van der Waals surface area (Å²) in [6.07, 6.45) is 3.69. The maximum absolute atomic E-state index is 12.0. The zero-order valence-corrected chi connectivity index (χ0v) is 13.7. The normalized spacial score (nSPS) is 16.2. The molecule has 3 amide bonds. The number of pyridine rings is 1. The smallest absolute Gasteiger partial charge is 0.319 e. The number of urea groups is 1. The summed E-state index contributed by atoms with van der Waals surface area (Å²) in [6, 6.07) is 11.8. The summed E-state index contributed by atoms with van der Waals surface area (Å²) >= 11 is 0. The number of ether oxygens (including phenoxy) is 1. The molecule has 1 unspecified atom stereocenters. The highest BCUT2D eigenvalue weighted by atomic mass is 16.5. The molecule has 3 rings (SSSR count). The molecule has 1 fully saturated rings. The molecule has 7 heteroatoms. The van der Waals surface area contributed by atoms with Crippen LogP contribution in [-0.2, 0) is 4.74 Å². The molecule has 1 aromatic carbocycles. The van der Waals surface area contributed by atoms with Crippen molar-refractivity contribution in [2.75, 3.05) is 23.8 Å². The van der Waals surface area contributed by atoms with E-state index in [-0.39, 0.29) is 18.0 Å². The summed E-state index contributed by atoms with van der Waals surface area (Å²) in [5, 5.41) is 8.29. The van der Waals surface area contributed by atoms with Gasteiger partial charge >= 0.3 is 6.03 Å². The number of aromatic nitrogens is 1. The molecule has 7 nitrogen and oxygen atoms in total. The summed E-state index contributed by atoms with van der Waals surface area (Å²) in [5.74, 6) is -0.282. The van der Waals surface area contributed by atoms with E-state index >= 15 is 0 Å². The van der Waals surface area contributed by atoms with Crippen LogP contribution in [0, 0.1) is 0 Å². The molecule has 25 heavy (non-hydrogen) atoms. The van der Waals surface area contributed by atoms with Gasteiger partial charge in [-0.05, 0) is 49.2 Å². The zero-order chi connectivity index (χ0) is 17.5. The van der Waals surface area contributed by atoms with Gasteiger partial charge in [-0.1, -0.05) is 6.07 Å². The molecule has 0 radical (unpaired) electrons. The Morgan fingerprint density at radius 1 is 1.08 bits per heavy atom. The Morgan fingerprint density at radius 2 is 1.84 bits per heavy atom. The van der Waals surface area contributed by atoms with Gasteiger partial charge in [0, 0.05) is 30.7 Å². The van der Waals surface area contributed by atoms with Gasteiger partial charge in [0.15, 0.2) is 0 Å². The molecule has 0 spiro atoms. The average molecular weight is 340 g/mol. The predicted octanol–water partition coefficient (Wildman–Crippen LogP) is 2.63. The van der Waals surface area contributed by atoms with Gasteiger partial charge in [0.1, 0.15) is 5.69 Å². The van der Waals surface area contributed by atoms with Crippen LogP contribution in [0.5, 0.6) is 0 Å². The number of nitrogens with one attached hydrogen (secondary N) is 3. The van der Waals surface area contributed by atoms with Crippen LogP contribution in [0.3, 0.4) is 0 Å². The summed E-state index contributed by atoms with van der Waals surface area (Å²) in [6.45, 7) is 1.27. The Labute approximate surface area is 145 Å². The van der Waals surface area contributed by atoms with Gasteiger partial charge in [0.25, 0.3) is 5.91 Å². The second kappa shape index (κ2) is 8.25. The number of amides is 3. The molecule has 1 atom stereocenters. The quantitative estimate of drug-likeness (QED) is 0.780. The molecular formula is C18H20N4O3. The van der Waals surface area contributed by atoms with E-state index < -0.39 is 0 Å². The van der Waals surface area contributed by atoms with Gasteiger partial charge in [-0.25, -0.2) is 4.79 Å². The molecule has 0 aliphatic carbocycles. The van der Waals surface area contributed by atoms with Crippen LogP contribution < -0.4 is 16.0 Å². The molecule has 2 heterocycles. The molecule has 3 N–H and O–H groups in total. The van der Waals surface area contributed by atoms with Crippen LogP contribution in [0.4, 0.5) is 16.2 Å². The number of carbonyl (C=O) groups excluding carboxylic acids is 2. The zero-order valence-electron chi connectivity index (χ0n) is 13.7. The van der Waals surface area contributed by atoms with E-state index in [1.54, 1.807) is 48.7 Å². The van der Waals surface area contributed by atoms with E-state index in [1.807, 2.05) is 0 Å². The van der Waals surface area contributed by atoms with Crippen molar-refractivity contribution in [3.05, 3.63) is 54.4 Å². The lowest BCUT2D eigenvalue weighted by molar-refractivity contribution is 0.102. The molecule has 1 aliphatic rings. The molecule has 130 valence electrons. The molecule has 0 bridgehead atoms.